The average molecular weight is 637 g/mol. The second-order valence-electron chi connectivity index (χ2n) is 10.4. The maximum absolute atomic E-state index is 10.8. The Kier molecular flexibility index (Phi) is 17.6. The van der Waals surface area contributed by atoms with Gasteiger partial charge in [0.15, 0.2) is 0 Å². The van der Waals surface area contributed by atoms with Gasteiger partial charge in [-0.3, -0.25) is 8.37 Å². The Morgan fingerprint density at radius 1 is 0.390 bits per heavy atom. The predicted molar refractivity (Wildman–Crippen MR) is 147 cm³/mol. The topological polar surface area (TPSA) is 161 Å². The Morgan fingerprint density at radius 2 is 0.610 bits per heavy atom. The van der Waals surface area contributed by atoms with Crippen LogP contribution < -0.4 is 0 Å². The Balaban J connectivity index is 1.25. The Hall–Kier alpha value is -0.500. The van der Waals surface area contributed by atoms with Gasteiger partial charge in [-0.05, 0) is 30.1 Å². The summed E-state index contributed by atoms with van der Waals surface area (Å²) >= 11 is 0. The summed E-state index contributed by atoms with van der Waals surface area (Å²) in [4.78, 5) is 0. The molecule has 0 atom stereocenters. The van der Waals surface area contributed by atoms with E-state index >= 15 is 0 Å². The van der Waals surface area contributed by atoms with E-state index in [1.165, 1.54) is 0 Å². The highest BCUT2D eigenvalue weighted by Gasteiger charge is 2.67. The van der Waals surface area contributed by atoms with Crippen LogP contribution in [-0.4, -0.2) is 148 Å². The van der Waals surface area contributed by atoms with Crippen LogP contribution in [0.1, 0.15) is 19.3 Å². The molecule has 0 spiro atoms. The van der Waals surface area contributed by atoms with E-state index in [9.17, 15) is 16.8 Å². The largest absolute Gasteiger partial charge is 0.378 e. The molecule has 3 aliphatic carbocycles. The van der Waals surface area contributed by atoms with Gasteiger partial charge < -0.3 is 37.9 Å². The minimum atomic E-state index is -3.42. The zero-order valence-corrected chi connectivity index (χ0v) is 26.0. The molecule has 0 aromatic rings. The van der Waals surface area contributed by atoms with E-state index in [2.05, 4.69) is 8.37 Å². The molecule has 2 bridgehead atoms. The molecule has 0 aromatic heterocycles. The van der Waals surface area contributed by atoms with E-state index < -0.39 is 20.2 Å². The van der Waals surface area contributed by atoms with Gasteiger partial charge in [0.25, 0.3) is 20.2 Å². The van der Waals surface area contributed by atoms with Gasteiger partial charge in [-0.1, -0.05) is 0 Å². The highest BCUT2D eigenvalue weighted by Crippen LogP contribution is 2.73. The summed E-state index contributed by atoms with van der Waals surface area (Å²) in [5.41, 5.74) is 0.633. The summed E-state index contributed by atoms with van der Waals surface area (Å²) in [6.45, 7) is 7.49. The highest BCUT2D eigenvalue weighted by atomic mass is 32.2. The molecule has 16 heteroatoms. The molecule has 3 rings (SSSR count). The monoisotopic (exact) mass is 636 g/mol. The SMILES string of the molecule is CS(=O)(=O)OCCOCCOCCOCCOCC12CC(COCCOCCOCCOCCOS(C)(=O)=O)(C1)C2. The van der Waals surface area contributed by atoms with E-state index in [1.54, 1.807) is 0 Å². The molecule has 0 heterocycles. The van der Waals surface area contributed by atoms with Crippen LogP contribution in [0.3, 0.4) is 0 Å². The van der Waals surface area contributed by atoms with Crippen LogP contribution >= 0.6 is 0 Å². The van der Waals surface area contributed by atoms with Crippen LogP contribution in [0, 0.1) is 10.8 Å². The number of hydrogen-bond acceptors (Lipinski definition) is 14. The maximum atomic E-state index is 10.8. The summed E-state index contributed by atoms with van der Waals surface area (Å²) < 4.78 is 96.1. The van der Waals surface area contributed by atoms with Crippen molar-refractivity contribution in [2.75, 3.05) is 131 Å². The molecule has 14 nitrogen and oxygen atoms in total. The third kappa shape index (κ3) is 18.0. The zero-order chi connectivity index (χ0) is 29.9. The Morgan fingerprint density at radius 3 is 0.854 bits per heavy atom. The van der Waals surface area contributed by atoms with E-state index in [4.69, 9.17) is 37.9 Å². The summed E-state index contributed by atoms with van der Waals surface area (Å²) in [5.74, 6) is 0. The lowest BCUT2D eigenvalue weighted by molar-refractivity contribution is -0.254. The van der Waals surface area contributed by atoms with E-state index in [1.807, 2.05) is 0 Å². The molecule has 0 saturated heterocycles. The molecule has 3 saturated carbocycles. The van der Waals surface area contributed by atoms with Crippen molar-refractivity contribution < 1.29 is 63.1 Å². The summed E-state index contributed by atoms with van der Waals surface area (Å²) in [5, 5.41) is 0. The number of rotatable bonds is 30. The van der Waals surface area contributed by atoms with Crippen molar-refractivity contribution in [2.45, 2.75) is 19.3 Å². The first-order valence-corrected chi connectivity index (χ1v) is 17.5. The molecule has 3 aliphatic rings. The average Bonchev–Trinajstić information content (AvgIpc) is 2.84. The van der Waals surface area contributed by atoms with Gasteiger partial charge in [0, 0.05) is 0 Å². The lowest BCUT2D eigenvalue weighted by Gasteiger charge is -2.70. The molecule has 0 radical (unpaired) electrons. The van der Waals surface area contributed by atoms with Crippen molar-refractivity contribution in [1.29, 1.82) is 0 Å². The van der Waals surface area contributed by atoms with E-state index in [-0.39, 0.29) is 26.4 Å². The van der Waals surface area contributed by atoms with Crippen molar-refractivity contribution in [3.63, 3.8) is 0 Å². The molecule has 3 fully saturated rings. The summed E-state index contributed by atoms with van der Waals surface area (Å²) in [6.07, 6.45) is 5.44. The number of hydrogen-bond donors (Lipinski definition) is 0. The quantitative estimate of drug-likeness (QED) is 0.0779. The van der Waals surface area contributed by atoms with Crippen LogP contribution in [0.25, 0.3) is 0 Å². The smallest absolute Gasteiger partial charge is 0.264 e. The normalized spacial score (nSPS) is 22.0. The molecular formula is C25H48O14S2. The third-order valence-corrected chi connectivity index (χ3v) is 7.54. The second kappa shape index (κ2) is 19.7. The Labute approximate surface area is 244 Å². The lowest BCUT2D eigenvalue weighted by Crippen LogP contribution is -2.65. The van der Waals surface area contributed by atoms with Crippen molar-refractivity contribution in [3.05, 3.63) is 0 Å². The van der Waals surface area contributed by atoms with Gasteiger partial charge in [-0.2, -0.15) is 16.8 Å². The van der Waals surface area contributed by atoms with Gasteiger partial charge in [0.1, 0.15) is 0 Å². The molecule has 0 amide bonds. The molecule has 0 aromatic carbocycles. The summed E-state index contributed by atoms with van der Waals surface area (Å²) in [6, 6.07) is 0. The molecule has 0 aliphatic heterocycles. The van der Waals surface area contributed by atoms with Gasteiger partial charge in [-0.15, -0.1) is 0 Å². The first kappa shape index (κ1) is 36.7. The fraction of sp³-hybridized carbons (Fsp3) is 1.00. The minimum Gasteiger partial charge on any atom is -0.378 e. The molecule has 244 valence electrons. The molecular weight excluding hydrogens is 588 g/mol. The van der Waals surface area contributed by atoms with E-state index in [0.29, 0.717) is 90.1 Å². The van der Waals surface area contributed by atoms with Crippen LogP contribution in [0.2, 0.25) is 0 Å². The van der Waals surface area contributed by atoms with Crippen molar-refractivity contribution >= 4 is 20.2 Å². The second-order valence-corrected chi connectivity index (χ2v) is 13.6. The van der Waals surface area contributed by atoms with Gasteiger partial charge in [0.2, 0.25) is 0 Å². The van der Waals surface area contributed by atoms with E-state index in [0.717, 1.165) is 45.0 Å². The zero-order valence-electron chi connectivity index (χ0n) is 24.4. The fourth-order valence-corrected chi connectivity index (χ4v) is 5.66. The van der Waals surface area contributed by atoms with Crippen LogP contribution in [0.15, 0.2) is 0 Å². The third-order valence-electron chi connectivity index (χ3n) is 6.35. The fourth-order valence-electron chi connectivity index (χ4n) is 4.92. The van der Waals surface area contributed by atoms with Gasteiger partial charge >= 0.3 is 0 Å². The van der Waals surface area contributed by atoms with Crippen LogP contribution in [-0.2, 0) is 66.5 Å². The standard InChI is InChI=1S/C25H48O14S2/c1-40(26,27)38-17-15-34-9-7-30-3-5-32-11-13-36-22-24-19-25(20-24,21-24)23-37-14-12-33-6-4-31-8-10-35-16-18-39-41(2,28)29/h3-23H2,1-2H3. The molecule has 41 heavy (non-hydrogen) atoms. The van der Waals surface area contributed by atoms with Crippen molar-refractivity contribution in [2.24, 2.45) is 10.8 Å². The summed E-state index contributed by atoms with van der Waals surface area (Å²) in [7, 11) is -6.84. The lowest BCUT2D eigenvalue weighted by atomic mass is 9.35. The van der Waals surface area contributed by atoms with Crippen LogP contribution in [0.5, 0.6) is 0 Å². The van der Waals surface area contributed by atoms with Crippen molar-refractivity contribution in [1.82, 2.24) is 0 Å². The van der Waals surface area contributed by atoms with Crippen molar-refractivity contribution in [3.8, 4) is 0 Å². The van der Waals surface area contributed by atoms with Gasteiger partial charge in [0.05, 0.1) is 131 Å². The Bertz CT molecular complexity index is 806. The predicted octanol–water partition coefficient (Wildman–Crippen LogP) is 0.242. The van der Waals surface area contributed by atoms with Crippen LogP contribution in [0.4, 0.5) is 0 Å². The molecule has 0 unspecified atom stereocenters. The maximum Gasteiger partial charge on any atom is 0.264 e. The highest BCUT2D eigenvalue weighted by molar-refractivity contribution is 7.86. The minimum absolute atomic E-state index is 0.00219. The molecule has 0 N–H and O–H groups in total. The first-order chi connectivity index (χ1) is 19.5. The first-order valence-electron chi connectivity index (χ1n) is 13.8. The van der Waals surface area contributed by atoms with Gasteiger partial charge in [-0.25, -0.2) is 0 Å². The number of ether oxygens (including phenoxy) is 8.